The van der Waals surface area contributed by atoms with Gasteiger partial charge in [-0.1, -0.05) is 13.5 Å². The van der Waals surface area contributed by atoms with Crippen molar-refractivity contribution in [3.63, 3.8) is 0 Å². The molecule has 0 bridgehead atoms. The summed E-state index contributed by atoms with van der Waals surface area (Å²) in [6, 6.07) is 0. The van der Waals surface area contributed by atoms with Crippen LogP contribution in [0.4, 0.5) is 0 Å². The molecule has 21 heavy (non-hydrogen) atoms. The van der Waals surface area contributed by atoms with E-state index in [1.54, 1.807) is 13.8 Å². The first-order valence-electron chi connectivity index (χ1n) is 7.40. The van der Waals surface area contributed by atoms with E-state index in [-0.39, 0.29) is 24.2 Å². The van der Waals surface area contributed by atoms with Crippen molar-refractivity contribution in [2.75, 3.05) is 13.2 Å². The molecule has 0 heterocycles. The second-order valence-corrected chi connectivity index (χ2v) is 5.45. The van der Waals surface area contributed by atoms with Crippen LogP contribution in [0.2, 0.25) is 0 Å². The summed E-state index contributed by atoms with van der Waals surface area (Å²) < 4.78 is 10.0. The third-order valence-electron chi connectivity index (χ3n) is 3.61. The van der Waals surface area contributed by atoms with Crippen LogP contribution in [0.15, 0.2) is 29.5 Å². The van der Waals surface area contributed by atoms with Gasteiger partial charge < -0.3 is 9.47 Å². The molecule has 1 atom stereocenters. The summed E-state index contributed by atoms with van der Waals surface area (Å²) in [5, 5.41) is 0. The lowest BCUT2D eigenvalue weighted by atomic mass is 9.72. The fraction of sp³-hybridized carbons (Fsp3) is 0.588. The van der Waals surface area contributed by atoms with Crippen molar-refractivity contribution in [1.82, 2.24) is 0 Å². The molecule has 0 aromatic carbocycles. The second-order valence-electron chi connectivity index (χ2n) is 5.45. The van der Waals surface area contributed by atoms with Crippen LogP contribution in [0.1, 0.15) is 46.5 Å². The van der Waals surface area contributed by atoms with E-state index < -0.39 is 11.9 Å². The molecule has 0 N–H and O–H groups in total. The molecule has 0 saturated heterocycles. The number of ether oxygens (including phenoxy) is 2. The highest BCUT2D eigenvalue weighted by molar-refractivity contribution is 6.14. The molecule has 1 aliphatic carbocycles. The van der Waals surface area contributed by atoms with Gasteiger partial charge in [0.2, 0.25) is 0 Å². The molecule has 1 rings (SSSR count). The van der Waals surface area contributed by atoms with Gasteiger partial charge in [-0.25, -0.2) is 9.59 Å². The summed E-state index contributed by atoms with van der Waals surface area (Å²) in [5.74, 6) is -1.17. The lowest BCUT2D eigenvalue weighted by molar-refractivity contribution is -0.146. The highest BCUT2D eigenvalue weighted by Gasteiger charge is 2.33. The molecule has 4 nitrogen and oxygen atoms in total. The molecule has 0 aliphatic heterocycles. The quantitative estimate of drug-likeness (QED) is 0.256. The molecular weight excluding hydrogens is 268 g/mol. The number of carbonyl (C=O) groups is 2. The zero-order valence-corrected chi connectivity index (χ0v) is 13.2. The first kappa shape index (κ1) is 17.3. The van der Waals surface area contributed by atoms with Gasteiger partial charge in [-0.15, -0.1) is 5.73 Å². The minimum atomic E-state index is -0.585. The van der Waals surface area contributed by atoms with E-state index in [2.05, 4.69) is 19.2 Å². The van der Waals surface area contributed by atoms with Crippen LogP contribution in [0.25, 0.3) is 0 Å². The van der Waals surface area contributed by atoms with Gasteiger partial charge in [0, 0.05) is 0 Å². The van der Waals surface area contributed by atoms with Gasteiger partial charge in [0.25, 0.3) is 0 Å². The topological polar surface area (TPSA) is 52.6 Å². The fourth-order valence-electron chi connectivity index (χ4n) is 2.73. The maximum atomic E-state index is 12.1. The van der Waals surface area contributed by atoms with Gasteiger partial charge >= 0.3 is 11.9 Å². The number of hydrogen-bond acceptors (Lipinski definition) is 4. The Morgan fingerprint density at radius 2 is 1.86 bits per heavy atom. The zero-order chi connectivity index (χ0) is 15.9. The Kier molecular flexibility index (Phi) is 6.44. The van der Waals surface area contributed by atoms with Crippen molar-refractivity contribution in [2.24, 2.45) is 5.41 Å². The number of carbonyl (C=O) groups excluding carboxylic acids is 2. The van der Waals surface area contributed by atoms with Crippen LogP contribution >= 0.6 is 0 Å². The van der Waals surface area contributed by atoms with E-state index in [9.17, 15) is 9.59 Å². The maximum absolute atomic E-state index is 12.1. The number of allylic oxidation sites excluding steroid dienone is 2. The van der Waals surface area contributed by atoms with Gasteiger partial charge in [-0.3, -0.25) is 0 Å². The molecular formula is C17H24O4. The molecule has 0 amide bonds. The first-order chi connectivity index (χ1) is 9.97. The molecule has 0 aromatic rings. The van der Waals surface area contributed by atoms with E-state index in [1.165, 1.54) is 0 Å². The monoisotopic (exact) mass is 292 g/mol. The van der Waals surface area contributed by atoms with Crippen LogP contribution in [-0.4, -0.2) is 25.2 Å². The molecule has 4 heteroatoms. The van der Waals surface area contributed by atoms with Gasteiger partial charge in [-0.2, -0.15) is 0 Å². The standard InChI is InChI=1S/C17H24O4/c1-5-10-17(4)11-8-9-13(12-17)14(15(18)20-6-2)16(19)21-7-3/h10H,1,6-9,11-12H2,2-4H3. The Hall–Kier alpha value is -1.80. The van der Waals surface area contributed by atoms with Crippen molar-refractivity contribution in [3.05, 3.63) is 29.5 Å². The molecule has 1 saturated carbocycles. The summed E-state index contributed by atoms with van der Waals surface area (Å²) in [6.45, 7) is 9.61. The largest absolute Gasteiger partial charge is 0.462 e. The minimum absolute atomic E-state index is 0.0714. The van der Waals surface area contributed by atoms with Crippen LogP contribution in [0.5, 0.6) is 0 Å². The predicted octanol–water partition coefficient (Wildman–Crippen LogP) is 3.33. The van der Waals surface area contributed by atoms with Gasteiger partial charge in [0.05, 0.1) is 13.2 Å². The van der Waals surface area contributed by atoms with Crippen molar-refractivity contribution in [1.29, 1.82) is 0 Å². The Bertz CT molecular complexity index is 463. The fourth-order valence-corrected chi connectivity index (χ4v) is 2.73. The lowest BCUT2D eigenvalue weighted by Crippen LogP contribution is -2.25. The summed E-state index contributed by atoms with van der Waals surface area (Å²) in [5.41, 5.74) is 3.57. The Balaban J connectivity index is 3.17. The first-order valence-corrected chi connectivity index (χ1v) is 7.40. The van der Waals surface area contributed by atoms with Gasteiger partial charge in [0.1, 0.15) is 5.57 Å². The smallest absolute Gasteiger partial charge is 0.345 e. The number of rotatable bonds is 5. The van der Waals surface area contributed by atoms with Crippen molar-refractivity contribution in [3.8, 4) is 0 Å². The molecule has 116 valence electrons. The third kappa shape index (κ3) is 4.61. The van der Waals surface area contributed by atoms with Crippen LogP contribution in [0, 0.1) is 5.41 Å². The minimum Gasteiger partial charge on any atom is -0.462 e. The normalized spacial score (nSPS) is 21.2. The van der Waals surface area contributed by atoms with Crippen molar-refractivity contribution < 1.29 is 19.1 Å². The van der Waals surface area contributed by atoms with Crippen molar-refractivity contribution in [2.45, 2.75) is 46.5 Å². The zero-order valence-electron chi connectivity index (χ0n) is 13.2. The van der Waals surface area contributed by atoms with Crippen LogP contribution in [0.3, 0.4) is 0 Å². The van der Waals surface area contributed by atoms with E-state index in [1.807, 2.05) is 6.08 Å². The average Bonchev–Trinajstić information content (AvgIpc) is 2.39. The van der Waals surface area contributed by atoms with Crippen molar-refractivity contribution >= 4 is 11.9 Å². The van der Waals surface area contributed by atoms with Gasteiger partial charge in [0.15, 0.2) is 0 Å². The van der Waals surface area contributed by atoms with E-state index in [4.69, 9.17) is 9.47 Å². The number of hydrogen-bond donors (Lipinski definition) is 0. The number of esters is 2. The molecule has 0 radical (unpaired) electrons. The Labute approximate surface area is 126 Å². The SMILES string of the molecule is C=C=CC1(C)CCCC(=C(C(=O)OCC)C(=O)OCC)C1. The van der Waals surface area contributed by atoms with Crippen LogP contribution < -0.4 is 0 Å². The van der Waals surface area contributed by atoms with E-state index >= 15 is 0 Å². The highest BCUT2D eigenvalue weighted by atomic mass is 16.6. The molecule has 0 aromatic heterocycles. The molecule has 1 unspecified atom stereocenters. The van der Waals surface area contributed by atoms with Crippen LogP contribution in [-0.2, 0) is 19.1 Å². The summed E-state index contributed by atoms with van der Waals surface area (Å²) in [7, 11) is 0. The summed E-state index contributed by atoms with van der Waals surface area (Å²) in [4.78, 5) is 24.2. The summed E-state index contributed by atoms with van der Waals surface area (Å²) >= 11 is 0. The average molecular weight is 292 g/mol. The van der Waals surface area contributed by atoms with E-state index in [0.29, 0.717) is 12.8 Å². The third-order valence-corrected chi connectivity index (χ3v) is 3.61. The van der Waals surface area contributed by atoms with Gasteiger partial charge in [-0.05, 0) is 56.6 Å². The predicted molar refractivity (Wildman–Crippen MR) is 80.6 cm³/mol. The maximum Gasteiger partial charge on any atom is 0.345 e. The molecule has 0 spiro atoms. The highest BCUT2D eigenvalue weighted by Crippen LogP contribution is 2.41. The Morgan fingerprint density at radius 3 is 2.33 bits per heavy atom. The second kappa shape index (κ2) is 7.84. The molecule has 1 fully saturated rings. The summed E-state index contributed by atoms with van der Waals surface area (Å²) in [6.07, 6.45) is 5.15. The lowest BCUT2D eigenvalue weighted by Gasteiger charge is -2.32. The van der Waals surface area contributed by atoms with E-state index in [0.717, 1.165) is 18.4 Å². The molecule has 1 aliphatic rings. The Morgan fingerprint density at radius 1 is 1.29 bits per heavy atom.